The average Bonchev–Trinajstić information content (AvgIpc) is 2.39. The fourth-order valence-electron chi connectivity index (χ4n) is 1.75. The van der Waals surface area contributed by atoms with Gasteiger partial charge in [0, 0.05) is 37.9 Å². The second kappa shape index (κ2) is 6.32. The zero-order chi connectivity index (χ0) is 11.9. The third kappa shape index (κ3) is 4.13. The lowest BCUT2D eigenvalue weighted by atomic mass is 10.2. The van der Waals surface area contributed by atoms with E-state index in [1.54, 1.807) is 12.4 Å². The summed E-state index contributed by atoms with van der Waals surface area (Å²) in [4.78, 5) is 15.6. The van der Waals surface area contributed by atoms with Crippen molar-refractivity contribution in [2.75, 3.05) is 19.8 Å². The van der Waals surface area contributed by atoms with Gasteiger partial charge in [-0.1, -0.05) is 0 Å². The topological polar surface area (TPSA) is 63.2 Å². The molecule has 1 aromatic heterocycles. The van der Waals surface area contributed by atoms with Crippen LogP contribution in [0.25, 0.3) is 0 Å². The van der Waals surface area contributed by atoms with Gasteiger partial charge in [0.2, 0.25) is 5.91 Å². The van der Waals surface area contributed by atoms with E-state index >= 15 is 0 Å². The molecule has 0 saturated carbocycles. The molecule has 1 amide bonds. The number of nitrogens with zero attached hydrogens (tertiary/aromatic N) is 1. The first kappa shape index (κ1) is 12.0. The van der Waals surface area contributed by atoms with Crippen molar-refractivity contribution in [3.05, 3.63) is 30.1 Å². The second-order valence-corrected chi connectivity index (χ2v) is 4.06. The van der Waals surface area contributed by atoms with Gasteiger partial charge >= 0.3 is 0 Å². The number of hydrogen-bond acceptors (Lipinski definition) is 4. The highest BCUT2D eigenvalue weighted by molar-refractivity contribution is 5.76. The SMILES string of the molecule is O=C(CC1COCCN1)NCc1ccncc1. The molecule has 1 aliphatic heterocycles. The molecule has 5 nitrogen and oxygen atoms in total. The number of ether oxygens (including phenoxy) is 1. The summed E-state index contributed by atoms with van der Waals surface area (Å²) in [5.41, 5.74) is 1.06. The van der Waals surface area contributed by atoms with E-state index in [4.69, 9.17) is 4.74 Å². The number of amides is 1. The van der Waals surface area contributed by atoms with Gasteiger partial charge in [0.15, 0.2) is 0 Å². The Bertz CT molecular complexity index is 350. The van der Waals surface area contributed by atoms with Crippen LogP contribution in [0.5, 0.6) is 0 Å². The summed E-state index contributed by atoms with van der Waals surface area (Å²) in [6, 6.07) is 3.92. The van der Waals surface area contributed by atoms with Crippen molar-refractivity contribution in [1.29, 1.82) is 0 Å². The van der Waals surface area contributed by atoms with Gasteiger partial charge in [-0.05, 0) is 17.7 Å². The Morgan fingerprint density at radius 1 is 1.53 bits per heavy atom. The predicted molar refractivity (Wildman–Crippen MR) is 63.3 cm³/mol. The summed E-state index contributed by atoms with van der Waals surface area (Å²) in [5.74, 6) is 0.0461. The number of morpholine rings is 1. The molecule has 1 fully saturated rings. The lowest BCUT2D eigenvalue weighted by Gasteiger charge is -2.23. The van der Waals surface area contributed by atoms with Crippen molar-refractivity contribution < 1.29 is 9.53 Å². The molecular formula is C12H17N3O2. The van der Waals surface area contributed by atoms with Crippen LogP contribution < -0.4 is 10.6 Å². The van der Waals surface area contributed by atoms with Crippen LogP contribution in [0.1, 0.15) is 12.0 Å². The zero-order valence-electron chi connectivity index (χ0n) is 9.69. The minimum Gasteiger partial charge on any atom is -0.378 e. The molecule has 0 aliphatic carbocycles. The van der Waals surface area contributed by atoms with E-state index in [1.807, 2.05) is 12.1 Å². The summed E-state index contributed by atoms with van der Waals surface area (Å²) in [6.07, 6.45) is 3.90. The van der Waals surface area contributed by atoms with Crippen LogP contribution in [-0.2, 0) is 16.1 Å². The van der Waals surface area contributed by atoms with Crippen LogP contribution in [0.3, 0.4) is 0 Å². The highest BCUT2D eigenvalue weighted by atomic mass is 16.5. The fraction of sp³-hybridized carbons (Fsp3) is 0.500. The van der Waals surface area contributed by atoms with Crippen molar-refractivity contribution in [3.63, 3.8) is 0 Å². The van der Waals surface area contributed by atoms with Crippen LogP contribution in [0, 0.1) is 0 Å². The molecule has 1 atom stereocenters. The van der Waals surface area contributed by atoms with Crippen LogP contribution >= 0.6 is 0 Å². The van der Waals surface area contributed by atoms with E-state index in [9.17, 15) is 4.79 Å². The number of carbonyl (C=O) groups is 1. The molecule has 0 aromatic carbocycles. The van der Waals surface area contributed by atoms with E-state index in [1.165, 1.54) is 0 Å². The molecule has 0 spiro atoms. The van der Waals surface area contributed by atoms with E-state index in [0.29, 0.717) is 19.6 Å². The summed E-state index contributed by atoms with van der Waals surface area (Å²) in [6.45, 7) is 2.72. The third-order valence-corrected chi connectivity index (χ3v) is 2.67. The lowest BCUT2D eigenvalue weighted by Crippen LogP contribution is -2.44. The van der Waals surface area contributed by atoms with Crippen LogP contribution in [0.2, 0.25) is 0 Å². The van der Waals surface area contributed by atoms with Gasteiger partial charge in [0.25, 0.3) is 0 Å². The number of rotatable bonds is 4. The van der Waals surface area contributed by atoms with Gasteiger partial charge in [-0.15, -0.1) is 0 Å². The normalized spacial score (nSPS) is 19.9. The van der Waals surface area contributed by atoms with Crippen LogP contribution in [0.15, 0.2) is 24.5 Å². The van der Waals surface area contributed by atoms with Gasteiger partial charge in [-0.3, -0.25) is 9.78 Å². The first-order chi connectivity index (χ1) is 8.34. The molecule has 17 heavy (non-hydrogen) atoms. The molecule has 92 valence electrons. The Labute approximate surface area is 101 Å². The van der Waals surface area contributed by atoms with E-state index in [-0.39, 0.29) is 11.9 Å². The molecule has 2 rings (SSSR count). The Balaban J connectivity index is 1.70. The summed E-state index contributed by atoms with van der Waals surface area (Å²) in [7, 11) is 0. The van der Waals surface area contributed by atoms with E-state index < -0.39 is 0 Å². The first-order valence-electron chi connectivity index (χ1n) is 5.81. The van der Waals surface area contributed by atoms with Crippen molar-refractivity contribution in [3.8, 4) is 0 Å². The monoisotopic (exact) mass is 235 g/mol. The molecule has 0 radical (unpaired) electrons. The van der Waals surface area contributed by atoms with Gasteiger partial charge in [-0.2, -0.15) is 0 Å². The average molecular weight is 235 g/mol. The van der Waals surface area contributed by atoms with Crippen molar-refractivity contribution in [1.82, 2.24) is 15.6 Å². The quantitative estimate of drug-likeness (QED) is 0.775. The van der Waals surface area contributed by atoms with Gasteiger partial charge in [0.1, 0.15) is 0 Å². The first-order valence-corrected chi connectivity index (χ1v) is 5.81. The Kier molecular flexibility index (Phi) is 4.46. The Morgan fingerprint density at radius 2 is 2.35 bits per heavy atom. The molecule has 2 heterocycles. The Morgan fingerprint density at radius 3 is 3.06 bits per heavy atom. The molecule has 1 unspecified atom stereocenters. The maximum Gasteiger partial charge on any atom is 0.221 e. The molecule has 2 N–H and O–H groups in total. The maximum atomic E-state index is 11.7. The minimum atomic E-state index is 0.0461. The molecule has 1 aromatic rings. The van der Waals surface area contributed by atoms with Gasteiger partial charge in [0.05, 0.1) is 13.2 Å². The van der Waals surface area contributed by atoms with E-state index in [0.717, 1.165) is 18.7 Å². The van der Waals surface area contributed by atoms with Crippen molar-refractivity contribution in [2.24, 2.45) is 0 Å². The second-order valence-electron chi connectivity index (χ2n) is 4.06. The third-order valence-electron chi connectivity index (χ3n) is 2.67. The standard InChI is InChI=1S/C12H17N3O2/c16-12(7-11-9-17-6-5-14-11)15-8-10-1-3-13-4-2-10/h1-4,11,14H,5-9H2,(H,15,16). The minimum absolute atomic E-state index is 0.0461. The van der Waals surface area contributed by atoms with Gasteiger partial charge in [-0.25, -0.2) is 0 Å². The number of aromatic nitrogens is 1. The zero-order valence-corrected chi connectivity index (χ0v) is 9.69. The molecule has 1 aliphatic rings. The summed E-state index contributed by atoms with van der Waals surface area (Å²) < 4.78 is 5.29. The highest BCUT2D eigenvalue weighted by Crippen LogP contribution is 2.00. The van der Waals surface area contributed by atoms with Crippen molar-refractivity contribution >= 4 is 5.91 Å². The van der Waals surface area contributed by atoms with Crippen molar-refractivity contribution in [2.45, 2.75) is 19.0 Å². The maximum absolute atomic E-state index is 11.7. The lowest BCUT2D eigenvalue weighted by molar-refractivity contribution is -0.122. The number of pyridine rings is 1. The van der Waals surface area contributed by atoms with Crippen LogP contribution in [-0.4, -0.2) is 36.7 Å². The van der Waals surface area contributed by atoms with E-state index in [2.05, 4.69) is 15.6 Å². The number of nitrogens with one attached hydrogen (secondary N) is 2. The molecule has 1 saturated heterocycles. The molecule has 0 bridgehead atoms. The highest BCUT2D eigenvalue weighted by Gasteiger charge is 2.16. The Hall–Kier alpha value is -1.46. The number of carbonyl (C=O) groups excluding carboxylic acids is 1. The summed E-state index contributed by atoms with van der Waals surface area (Å²) >= 11 is 0. The molecular weight excluding hydrogens is 218 g/mol. The summed E-state index contributed by atoms with van der Waals surface area (Å²) in [5, 5.41) is 6.14. The predicted octanol–water partition coefficient (Wildman–Crippen LogP) is 0.0763. The molecule has 5 heteroatoms. The smallest absolute Gasteiger partial charge is 0.221 e. The fourth-order valence-corrected chi connectivity index (χ4v) is 1.75. The van der Waals surface area contributed by atoms with Gasteiger partial charge < -0.3 is 15.4 Å². The largest absolute Gasteiger partial charge is 0.378 e. The number of hydrogen-bond donors (Lipinski definition) is 2. The van der Waals surface area contributed by atoms with Crippen LogP contribution in [0.4, 0.5) is 0 Å².